The molecule has 0 unspecified atom stereocenters. The Morgan fingerprint density at radius 3 is 2.04 bits per heavy atom. The van der Waals surface area contributed by atoms with Gasteiger partial charge in [-0.3, -0.25) is 4.40 Å². The van der Waals surface area contributed by atoms with Crippen molar-refractivity contribution in [1.82, 2.24) is 14.0 Å². The highest BCUT2D eigenvalue weighted by atomic mass is 15.0. The lowest BCUT2D eigenvalue weighted by Gasteiger charge is -2.22. The Morgan fingerprint density at radius 1 is 0.510 bits per heavy atom. The number of para-hydroxylation sites is 2. The highest BCUT2D eigenvalue weighted by Crippen LogP contribution is 2.54. The van der Waals surface area contributed by atoms with E-state index >= 15 is 0 Å². The van der Waals surface area contributed by atoms with E-state index in [1.807, 2.05) is 6.07 Å². The summed E-state index contributed by atoms with van der Waals surface area (Å²) in [6.07, 6.45) is 2.10. The van der Waals surface area contributed by atoms with Crippen molar-refractivity contribution >= 4 is 27.5 Å². The number of fused-ring (bicyclic) bond motifs is 7. The predicted octanol–water partition coefficient (Wildman–Crippen LogP) is 11.7. The van der Waals surface area contributed by atoms with Gasteiger partial charge in [0.15, 0.2) is 0 Å². The minimum absolute atomic E-state index is 0.145. The molecule has 0 atom stereocenters. The Kier molecular flexibility index (Phi) is 5.92. The fourth-order valence-electron chi connectivity index (χ4n) is 8.22. The first-order valence-electron chi connectivity index (χ1n) is 17.0. The summed E-state index contributed by atoms with van der Waals surface area (Å²) in [6.45, 7) is 4.75. The van der Waals surface area contributed by atoms with Gasteiger partial charge in [0.1, 0.15) is 5.65 Å². The summed E-state index contributed by atoms with van der Waals surface area (Å²) in [5.74, 6) is 0. The number of imidazole rings is 1. The molecule has 0 aliphatic heterocycles. The molecule has 0 radical (unpaired) electrons. The molecule has 0 spiro atoms. The summed E-state index contributed by atoms with van der Waals surface area (Å²) < 4.78 is 4.61. The second-order valence-electron chi connectivity index (χ2n) is 13.6. The van der Waals surface area contributed by atoms with Crippen LogP contribution in [0.15, 0.2) is 164 Å². The van der Waals surface area contributed by atoms with Crippen LogP contribution in [0, 0.1) is 0 Å². The van der Waals surface area contributed by atoms with E-state index < -0.39 is 0 Å². The average molecular weight is 628 g/mol. The molecule has 0 fully saturated rings. The van der Waals surface area contributed by atoms with Crippen LogP contribution in [0.1, 0.15) is 25.0 Å². The molecule has 3 aromatic heterocycles. The Bertz CT molecular complexity index is 2710. The first-order valence-corrected chi connectivity index (χ1v) is 17.0. The van der Waals surface area contributed by atoms with Crippen LogP contribution < -0.4 is 0 Å². The number of rotatable bonds is 4. The molecule has 0 saturated heterocycles. The molecule has 9 aromatic rings. The second-order valence-corrected chi connectivity index (χ2v) is 13.6. The molecule has 1 aliphatic rings. The van der Waals surface area contributed by atoms with Crippen molar-refractivity contribution in [2.45, 2.75) is 19.3 Å². The SMILES string of the molecule is CC1(C)c2cc3c(cc2-c2c(-c4ccc(-c5nc6ccccn6c5-c5ccccc5)cc4)cccc21)c1ccccc1n3-c1ccccc1. The molecule has 10 rings (SSSR count). The summed E-state index contributed by atoms with van der Waals surface area (Å²) in [5, 5.41) is 2.56. The van der Waals surface area contributed by atoms with Gasteiger partial charge in [0, 0.05) is 39.2 Å². The monoisotopic (exact) mass is 627 g/mol. The molecule has 0 saturated carbocycles. The maximum Gasteiger partial charge on any atom is 0.137 e. The number of pyridine rings is 1. The molecule has 232 valence electrons. The molecule has 0 N–H and O–H groups in total. The van der Waals surface area contributed by atoms with E-state index in [9.17, 15) is 0 Å². The van der Waals surface area contributed by atoms with Crippen molar-refractivity contribution in [3.05, 3.63) is 175 Å². The number of benzene rings is 6. The maximum absolute atomic E-state index is 5.11. The van der Waals surface area contributed by atoms with Crippen LogP contribution in [0.4, 0.5) is 0 Å². The van der Waals surface area contributed by atoms with Crippen LogP contribution in [0.5, 0.6) is 0 Å². The zero-order valence-electron chi connectivity index (χ0n) is 27.4. The van der Waals surface area contributed by atoms with Crippen LogP contribution in [0.2, 0.25) is 0 Å². The zero-order chi connectivity index (χ0) is 32.7. The van der Waals surface area contributed by atoms with Crippen molar-refractivity contribution in [3.63, 3.8) is 0 Å². The molecule has 0 bridgehead atoms. The summed E-state index contributed by atoms with van der Waals surface area (Å²) >= 11 is 0. The summed E-state index contributed by atoms with van der Waals surface area (Å²) in [6, 6.07) is 57.1. The van der Waals surface area contributed by atoms with E-state index in [4.69, 9.17) is 4.98 Å². The van der Waals surface area contributed by atoms with Crippen LogP contribution >= 0.6 is 0 Å². The molecule has 0 amide bonds. The van der Waals surface area contributed by atoms with Gasteiger partial charge in [-0.15, -0.1) is 0 Å². The van der Waals surface area contributed by atoms with E-state index in [2.05, 4.69) is 181 Å². The minimum atomic E-state index is -0.145. The smallest absolute Gasteiger partial charge is 0.137 e. The lowest BCUT2D eigenvalue weighted by Crippen LogP contribution is -2.15. The normalized spacial score (nSPS) is 13.3. The number of nitrogens with zero attached hydrogens (tertiary/aromatic N) is 3. The van der Waals surface area contributed by atoms with Gasteiger partial charge in [0.05, 0.1) is 22.4 Å². The van der Waals surface area contributed by atoms with Gasteiger partial charge in [-0.05, 0) is 75.8 Å². The molecule has 49 heavy (non-hydrogen) atoms. The van der Waals surface area contributed by atoms with E-state index in [0.717, 1.165) is 28.2 Å². The maximum atomic E-state index is 5.11. The van der Waals surface area contributed by atoms with E-state index in [1.165, 1.54) is 60.9 Å². The first-order chi connectivity index (χ1) is 24.1. The average Bonchev–Trinajstić information content (AvgIpc) is 3.77. The van der Waals surface area contributed by atoms with E-state index in [1.54, 1.807) is 0 Å². The highest BCUT2D eigenvalue weighted by Gasteiger charge is 2.38. The Hall–Kier alpha value is -6.19. The van der Waals surface area contributed by atoms with Gasteiger partial charge in [-0.2, -0.15) is 0 Å². The lowest BCUT2D eigenvalue weighted by atomic mass is 9.81. The third kappa shape index (κ3) is 4.06. The van der Waals surface area contributed by atoms with Crippen molar-refractivity contribution < 1.29 is 0 Å². The van der Waals surface area contributed by atoms with Crippen molar-refractivity contribution in [1.29, 1.82) is 0 Å². The van der Waals surface area contributed by atoms with Crippen LogP contribution in [0.3, 0.4) is 0 Å². The van der Waals surface area contributed by atoms with Crippen LogP contribution in [-0.2, 0) is 5.41 Å². The number of hydrogen-bond acceptors (Lipinski definition) is 1. The second kappa shape index (κ2) is 10.4. The van der Waals surface area contributed by atoms with Gasteiger partial charge >= 0.3 is 0 Å². The fraction of sp³-hybridized carbons (Fsp3) is 0.0652. The molecule has 3 heteroatoms. The molecule has 6 aromatic carbocycles. The summed E-state index contributed by atoms with van der Waals surface area (Å²) in [7, 11) is 0. The standard InChI is InChI=1S/C46H33N3/c1-46(2)38-20-13-19-34(30-23-25-31(26-24-30)44-45(32-14-5-3-6-15-32)48-27-12-11-22-42(48)47-44)43(38)37-28-36-35-18-9-10-21-40(35)49(41(36)29-39(37)46)33-16-7-4-8-17-33/h3-29H,1-2H3. The topological polar surface area (TPSA) is 22.2 Å². The Morgan fingerprint density at radius 2 is 1.22 bits per heavy atom. The van der Waals surface area contributed by atoms with E-state index in [-0.39, 0.29) is 5.41 Å². The quantitative estimate of drug-likeness (QED) is 0.190. The van der Waals surface area contributed by atoms with Gasteiger partial charge in [0.25, 0.3) is 0 Å². The summed E-state index contributed by atoms with van der Waals surface area (Å²) in [4.78, 5) is 5.11. The number of aromatic nitrogens is 3. The van der Waals surface area contributed by atoms with Crippen molar-refractivity contribution in [2.75, 3.05) is 0 Å². The van der Waals surface area contributed by atoms with Gasteiger partial charge in [-0.1, -0.05) is 129 Å². The molecular formula is C46H33N3. The zero-order valence-corrected chi connectivity index (χ0v) is 27.4. The highest BCUT2D eigenvalue weighted by molar-refractivity contribution is 6.12. The first kappa shape index (κ1) is 27.9. The third-order valence-electron chi connectivity index (χ3n) is 10.6. The van der Waals surface area contributed by atoms with Gasteiger partial charge < -0.3 is 4.57 Å². The van der Waals surface area contributed by atoms with Crippen molar-refractivity contribution in [2.24, 2.45) is 0 Å². The summed E-state index contributed by atoms with van der Waals surface area (Å²) in [5.41, 5.74) is 16.7. The van der Waals surface area contributed by atoms with Crippen molar-refractivity contribution in [3.8, 4) is 50.5 Å². The van der Waals surface area contributed by atoms with Gasteiger partial charge in [-0.25, -0.2) is 4.98 Å². The number of hydrogen-bond donors (Lipinski definition) is 0. The molecular weight excluding hydrogens is 595 g/mol. The Labute approximate surface area is 285 Å². The third-order valence-corrected chi connectivity index (χ3v) is 10.6. The molecule has 1 aliphatic carbocycles. The van der Waals surface area contributed by atoms with Gasteiger partial charge in [0.2, 0.25) is 0 Å². The van der Waals surface area contributed by atoms with E-state index in [0.29, 0.717) is 0 Å². The minimum Gasteiger partial charge on any atom is -0.309 e. The molecule has 3 heterocycles. The largest absolute Gasteiger partial charge is 0.309 e. The van der Waals surface area contributed by atoms with Crippen LogP contribution in [-0.4, -0.2) is 14.0 Å². The predicted molar refractivity (Wildman–Crippen MR) is 203 cm³/mol. The molecule has 3 nitrogen and oxygen atoms in total. The fourth-order valence-corrected chi connectivity index (χ4v) is 8.22. The van der Waals surface area contributed by atoms with Crippen LogP contribution in [0.25, 0.3) is 77.9 Å². The Balaban J connectivity index is 1.15. The lowest BCUT2D eigenvalue weighted by molar-refractivity contribution is 0.661.